The summed E-state index contributed by atoms with van der Waals surface area (Å²) in [6, 6.07) is 5.15. The van der Waals surface area contributed by atoms with Gasteiger partial charge in [-0.05, 0) is 25.1 Å². The summed E-state index contributed by atoms with van der Waals surface area (Å²) < 4.78 is 4.77. The van der Waals surface area contributed by atoms with E-state index >= 15 is 0 Å². The van der Waals surface area contributed by atoms with Gasteiger partial charge in [0.25, 0.3) is 5.91 Å². The number of nitrogens with one attached hydrogen (secondary N) is 2. The van der Waals surface area contributed by atoms with Crippen LogP contribution in [0.4, 0.5) is 5.69 Å². The normalized spacial score (nSPS) is 10.7. The fourth-order valence-electron chi connectivity index (χ4n) is 1.98. The average Bonchev–Trinajstić information content (AvgIpc) is 3.04. The quantitative estimate of drug-likeness (QED) is 0.675. The largest absolute Gasteiger partial charge is 0.477 e. The summed E-state index contributed by atoms with van der Waals surface area (Å²) in [5.41, 5.74) is 0.746. The number of anilines is 1. The van der Waals surface area contributed by atoms with Crippen LogP contribution in [0.1, 0.15) is 26.6 Å². The SMILES string of the molecule is Cc1onc(C(=O)Nc2ccc3cn[nH]c3c2)c1C(=O)O. The maximum absolute atomic E-state index is 12.1. The molecule has 3 aromatic rings. The monoisotopic (exact) mass is 286 g/mol. The molecule has 2 aromatic heterocycles. The van der Waals surface area contributed by atoms with E-state index in [4.69, 9.17) is 9.63 Å². The molecule has 106 valence electrons. The highest BCUT2D eigenvalue weighted by Gasteiger charge is 2.25. The predicted molar refractivity (Wildman–Crippen MR) is 72.2 cm³/mol. The van der Waals surface area contributed by atoms with Gasteiger partial charge in [-0.25, -0.2) is 4.79 Å². The second-order valence-corrected chi connectivity index (χ2v) is 4.39. The maximum Gasteiger partial charge on any atom is 0.341 e. The Balaban J connectivity index is 1.91. The van der Waals surface area contributed by atoms with Crippen LogP contribution in [0.5, 0.6) is 0 Å². The van der Waals surface area contributed by atoms with Crippen molar-refractivity contribution in [2.45, 2.75) is 6.92 Å². The lowest BCUT2D eigenvalue weighted by atomic mass is 10.2. The van der Waals surface area contributed by atoms with Crippen LogP contribution in [-0.2, 0) is 0 Å². The molecule has 8 nitrogen and oxygen atoms in total. The van der Waals surface area contributed by atoms with Gasteiger partial charge in [-0.1, -0.05) is 5.16 Å². The molecule has 0 unspecified atom stereocenters. The van der Waals surface area contributed by atoms with Crippen LogP contribution in [0, 0.1) is 6.92 Å². The van der Waals surface area contributed by atoms with Crippen molar-refractivity contribution < 1.29 is 19.2 Å². The van der Waals surface area contributed by atoms with E-state index in [1.165, 1.54) is 6.92 Å². The first-order valence-electron chi connectivity index (χ1n) is 6.00. The molecule has 0 aliphatic heterocycles. The number of carbonyl (C=O) groups excluding carboxylic acids is 1. The number of benzene rings is 1. The van der Waals surface area contributed by atoms with Gasteiger partial charge in [0.2, 0.25) is 0 Å². The minimum absolute atomic E-state index is 0.0803. The Morgan fingerprint density at radius 3 is 2.95 bits per heavy atom. The van der Waals surface area contributed by atoms with Crippen molar-refractivity contribution >= 4 is 28.5 Å². The molecular formula is C13H10N4O4. The number of aryl methyl sites for hydroxylation is 1. The molecule has 0 atom stereocenters. The first kappa shape index (κ1) is 12.9. The third-order valence-corrected chi connectivity index (χ3v) is 2.99. The zero-order chi connectivity index (χ0) is 15.0. The number of nitrogens with zero attached hydrogens (tertiary/aromatic N) is 2. The van der Waals surface area contributed by atoms with Crippen LogP contribution in [0.25, 0.3) is 10.9 Å². The van der Waals surface area contributed by atoms with Crippen molar-refractivity contribution in [3.05, 3.63) is 41.4 Å². The van der Waals surface area contributed by atoms with E-state index in [1.54, 1.807) is 24.4 Å². The Morgan fingerprint density at radius 1 is 1.38 bits per heavy atom. The van der Waals surface area contributed by atoms with Gasteiger partial charge in [0.05, 0.1) is 11.7 Å². The number of hydrogen-bond donors (Lipinski definition) is 3. The topological polar surface area (TPSA) is 121 Å². The zero-order valence-corrected chi connectivity index (χ0v) is 10.9. The second kappa shape index (κ2) is 4.75. The van der Waals surface area contributed by atoms with Crippen LogP contribution >= 0.6 is 0 Å². The number of rotatable bonds is 3. The molecule has 0 spiro atoms. The van der Waals surface area contributed by atoms with Crippen molar-refractivity contribution in [1.82, 2.24) is 15.4 Å². The van der Waals surface area contributed by atoms with Gasteiger partial charge >= 0.3 is 5.97 Å². The third-order valence-electron chi connectivity index (χ3n) is 2.99. The summed E-state index contributed by atoms with van der Waals surface area (Å²) in [7, 11) is 0. The van der Waals surface area contributed by atoms with Crippen molar-refractivity contribution in [3.63, 3.8) is 0 Å². The molecule has 0 aliphatic rings. The van der Waals surface area contributed by atoms with E-state index in [0.717, 1.165) is 10.9 Å². The third kappa shape index (κ3) is 2.22. The predicted octanol–water partition coefficient (Wildman–Crippen LogP) is 1.81. The Hall–Kier alpha value is -3.16. The van der Waals surface area contributed by atoms with Crippen molar-refractivity contribution in [3.8, 4) is 0 Å². The summed E-state index contributed by atoms with van der Waals surface area (Å²) in [4.78, 5) is 23.2. The lowest BCUT2D eigenvalue weighted by molar-refractivity contribution is 0.0691. The molecule has 3 N–H and O–H groups in total. The van der Waals surface area contributed by atoms with Crippen molar-refractivity contribution in [2.75, 3.05) is 5.32 Å². The highest BCUT2D eigenvalue weighted by molar-refractivity contribution is 6.10. The number of fused-ring (bicyclic) bond motifs is 1. The van der Waals surface area contributed by atoms with Gasteiger partial charge in [-0.3, -0.25) is 9.89 Å². The van der Waals surface area contributed by atoms with E-state index in [-0.39, 0.29) is 17.0 Å². The van der Waals surface area contributed by atoms with Crippen LogP contribution in [-0.4, -0.2) is 32.3 Å². The molecule has 3 rings (SSSR count). The van der Waals surface area contributed by atoms with Gasteiger partial charge in [0.1, 0.15) is 11.3 Å². The highest BCUT2D eigenvalue weighted by atomic mass is 16.5. The molecule has 8 heteroatoms. The summed E-state index contributed by atoms with van der Waals surface area (Å²) in [5, 5.41) is 22.7. The number of carboxylic acid groups (broad SMARTS) is 1. The molecule has 0 fully saturated rings. The molecule has 0 bridgehead atoms. The summed E-state index contributed by atoms with van der Waals surface area (Å²) in [6.45, 7) is 1.43. The molecule has 0 saturated carbocycles. The van der Waals surface area contributed by atoms with E-state index in [0.29, 0.717) is 5.69 Å². The minimum atomic E-state index is -1.26. The van der Waals surface area contributed by atoms with Crippen LogP contribution < -0.4 is 5.32 Å². The fourth-order valence-corrected chi connectivity index (χ4v) is 1.98. The molecule has 21 heavy (non-hydrogen) atoms. The summed E-state index contributed by atoms with van der Waals surface area (Å²) in [6.07, 6.45) is 1.66. The minimum Gasteiger partial charge on any atom is -0.477 e. The number of carbonyl (C=O) groups is 2. The molecule has 0 radical (unpaired) electrons. The second-order valence-electron chi connectivity index (χ2n) is 4.39. The van der Waals surface area contributed by atoms with Crippen LogP contribution in [0.2, 0.25) is 0 Å². The summed E-state index contributed by atoms with van der Waals surface area (Å²) >= 11 is 0. The van der Waals surface area contributed by atoms with E-state index in [9.17, 15) is 9.59 Å². The van der Waals surface area contributed by atoms with E-state index < -0.39 is 11.9 Å². The molecule has 0 aliphatic carbocycles. The first-order valence-corrected chi connectivity index (χ1v) is 6.00. The molecule has 1 amide bonds. The number of hydrogen-bond acceptors (Lipinski definition) is 5. The number of aromatic nitrogens is 3. The molecule has 0 saturated heterocycles. The molecular weight excluding hydrogens is 276 g/mol. The zero-order valence-electron chi connectivity index (χ0n) is 10.9. The van der Waals surface area contributed by atoms with Crippen molar-refractivity contribution in [1.29, 1.82) is 0 Å². The van der Waals surface area contributed by atoms with Gasteiger partial charge in [-0.15, -0.1) is 0 Å². The van der Waals surface area contributed by atoms with Gasteiger partial charge in [0.15, 0.2) is 5.69 Å². The van der Waals surface area contributed by atoms with E-state index in [2.05, 4.69) is 20.7 Å². The summed E-state index contributed by atoms with van der Waals surface area (Å²) in [5.74, 6) is -1.83. The Labute approximate surface area is 117 Å². The first-order chi connectivity index (χ1) is 10.1. The smallest absolute Gasteiger partial charge is 0.341 e. The fraction of sp³-hybridized carbons (Fsp3) is 0.0769. The van der Waals surface area contributed by atoms with Gasteiger partial charge in [-0.2, -0.15) is 5.10 Å². The number of aromatic carboxylic acids is 1. The van der Waals surface area contributed by atoms with E-state index in [1.807, 2.05) is 0 Å². The van der Waals surface area contributed by atoms with Crippen LogP contribution in [0.3, 0.4) is 0 Å². The number of aromatic amines is 1. The number of H-pyrrole nitrogens is 1. The molecule has 1 aromatic carbocycles. The van der Waals surface area contributed by atoms with Crippen molar-refractivity contribution in [2.24, 2.45) is 0 Å². The average molecular weight is 286 g/mol. The number of amides is 1. The number of carboxylic acids is 1. The lowest BCUT2D eigenvalue weighted by Gasteiger charge is -2.03. The van der Waals surface area contributed by atoms with Gasteiger partial charge < -0.3 is 14.9 Å². The highest BCUT2D eigenvalue weighted by Crippen LogP contribution is 2.19. The maximum atomic E-state index is 12.1. The van der Waals surface area contributed by atoms with Gasteiger partial charge in [0, 0.05) is 11.1 Å². The standard InChI is InChI=1S/C13H10N4O4/c1-6-10(13(19)20)11(17-21-6)12(18)15-8-3-2-7-5-14-16-9(7)4-8/h2-5H,1H3,(H,14,16)(H,15,18)(H,19,20). The Bertz CT molecular complexity index is 849. The van der Waals surface area contributed by atoms with Crippen LogP contribution in [0.15, 0.2) is 28.9 Å². The lowest BCUT2D eigenvalue weighted by Crippen LogP contribution is -2.16. The Morgan fingerprint density at radius 2 is 2.19 bits per heavy atom. The Kier molecular flexibility index (Phi) is 2.90. The molecule has 2 heterocycles.